The van der Waals surface area contributed by atoms with Crippen molar-refractivity contribution in [1.29, 1.82) is 0 Å². The summed E-state index contributed by atoms with van der Waals surface area (Å²) in [6.07, 6.45) is 3.68. The van der Waals surface area contributed by atoms with Crippen LogP contribution in [0.2, 0.25) is 5.02 Å². The average molecular weight is 438 g/mol. The largest absolute Gasteiger partial charge is 0.309 e. The van der Waals surface area contributed by atoms with E-state index in [9.17, 15) is 0 Å². The van der Waals surface area contributed by atoms with Crippen LogP contribution in [0.4, 0.5) is 0 Å². The molecule has 0 spiro atoms. The molecule has 1 N–H and O–H groups in total. The van der Waals surface area contributed by atoms with Crippen molar-refractivity contribution in [3.8, 4) is 0 Å². The Labute approximate surface area is 190 Å². The van der Waals surface area contributed by atoms with Crippen LogP contribution in [0.3, 0.4) is 0 Å². The molecule has 0 radical (unpaired) electrons. The Morgan fingerprint density at radius 3 is 2.48 bits per heavy atom. The first kappa shape index (κ1) is 22.2. The maximum Gasteiger partial charge on any atom is 0.143 e. The predicted molar refractivity (Wildman–Crippen MR) is 128 cm³/mol. The van der Waals surface area contributed by atoms with Crippen molar-refractivity contribution in [3.63, 3.8) is 0 Å². The number of rotatable bonds is 10. The van der Waals surface area contributed by atoms with Crippen molar-refractivity contribution >= 4 is 22.5 Å². The van der Waals surface area contributed by atoms with Crippen LogP contribution in [0.5, 0.6) is 0 Å². The summed E-state index contributed by atoms with van der Waals surface area (Å²) in [5.74, 6) is 0.880. The molecule has 0 amide bonds. The van der Waals surface area contributed by atoms with Crippen LogP contribution in [0.1, 0.15) is 42.4 Å². The Balaban J connectivity index is 1.45. The second kappa shape index (κ2) is 10.0. The number of para-hydroxylation sites is 1. The van der Waals surface area contributed by atoms with Gasteiger partial charge in [0.2, 0.25) is 0 Å². The van der Waals surface area contributed by atoms with E-state index in [4.69, 9.17) is 21.6 Å². The number of halogens is 1. The highest BCUT2D eigenvalue weighted by Gasteiger charge is 2.39. The molecule has 2 atom stereocenters. The van der Waals surface area contributed by atoms with Gasteiger partial charge in [0.15, 0.2) is 0 Å². The minimum atomic E-state index is 0.340. The summed E-state index contributed by atoms with van der Waals surface area (Å²) in [5.41, 5.74) is 3.41. The van der Waals surface area contributed by atoms with Gasteiger partial charge in [0.25, 0.3) is 0 Å². The van der Waals surface area contributed by atoms with Crippen molar-refractivity contribution in [2.24, 2.45) is 0 Å². The molecule has 0 aliphatic carbocycles. The molecule has 1 aliphatic heterocycles. The van der Waals surface area contributed by atoms with E-state index in [0.717, 1.165) is 35.1 Å². The molecule has 1 aliphatic rings. The Morgan fingerprint density at radius 2 is 1.71 bits per heavy atom. The fraction of sp³-hybridized carbons (Fsp3) is 0.440. The molecule has 1 fully saturated rings. The zero-order valence-corrected chi connectivity index (χ0v) is 19.4. The first-order chi connectivity index (χ1) is 15.0. The number of hydrogen-bond donors (Lipinski definition) is 1. The van der Waals surface area contributed by atoms with Crippen molar-refractivity contribution in [3.05, 3.63) is 70.6 Å². The van der Waals surface area contributed by atoms with Gasteiger partial charge in [-0.05, 0) is 64.3 Å². The first-order valence-corrected chi connectivity index (χ1v) is 11.5. The molecule has 164 valence electrons. The van der Waals surface area contributed by atoms with E-state index in [0.29, 0.717) is 18.6 Å². The molecule has 0 bridgehead atoms. The third kappa shape index (κ3) is 6.01. The van der Waals surface area contributed by atoms with Crippen LogP contribution in [0.25, 0.3) is 10.9 Å². The summed E-state index contributed by atoms with van der Waals surface area (Å²) < 4.78 is 0. The lowest BCUT2D eigenvalue weighted by molar-refractivity contribution is 0.310. The summed E-state index contributed by atoms with van der Waals surface area (Å²) in [5, 5.41) is 5.59. The number of hydrogen-bond acceptors (Lipinski definition) is 5. The molecule has 4 rings (SSSR count). The van der Waals surface area contributed by atoms with Gasteiger partial charge in [-0.25, -0.2) is 9.97 Å². The van der Waals surface area contributed by atoms with Gasteiger partial charge in [-0.3, -0.25) is 4.90 Å². The lowest BCUT2D eigenvalue weighted by Gasteiger charge is -2.17. The monoisotopic (exact) mass is 437 g/mol. The average Bonchev–Trinajstić information content (AvgIpc) is 3.51. The summed E-state index contributed by atoms with van der Waals surface area (Å²) >= 11 is 6.01. The topological polar surface area (TPSA) is 54.2 Å². The lowest BCUT2D eigenvalue weighted by atomic mass is 10.1. The molecule has 0 saturated carbocycles. The summed E-state index contributed by atoms with van der Waals surface area (Å²) in [6.45, 7) is 2.69. The van der Waals surface area contributed by atoms with E-state index in [1.54, 1.807) is 0 Å². The second-order valence-corrected chi connectivity index (χ2v) is 9.33. The summed E-state index contributed by atoms with van der Waals surface area (Å²) in [7, 11) is 6.38. The number of fused-ring (bicyclic) bond motifs is 1. The van der Waals surface area contributed by atoms with Crippen molar-refractivity contribution in [1.82, 2.24) is 25.1 Å². The Kier molecular flexibility index (Phi) is 7.18. The van der Waals surface area contributed by atoms with Gasteiger partial charge in [0.1, 0.15) is 5.82 Å². The van der Waals surface area contributed by atoms with Gasteiger partial charge in [-0.1, -0.05) is 48.4 Å². The zero-order valence-electron chi connectivity index (χ0n) is 18.7. The van der Waals surface area contributed by atoms with E-state index >= 15 is 0 Å². The highest BCUT2D eigenvalue weighted by Crippen LogP contribution is 2.35. The van der Waals surface area contributed by atoms with E-state index < -0.39 is 0 Å². The van der Waals surface area contributed by atoms with Crippen molar-refractivity contribution in [2.75, 3.05) is 27.7 Å². The van der Waals surface area contributed by atoms with Crippen LogP contribution in [-0.2, 0) is 13.1 Å². The van der Waals surface area contributed by atoms with Crippen molar-refractivity contribution in [2.45, 2.75) is 44.4 Å². The standard InChI is InChI=1S/C25H32ClN5/c1-30(2)15-7-6-10-22-25(28-22)24-20-8-4-5-9-21(20)27-23(29-24)17-31(3)16-18-11-13-19(26)14-12-18/h4-5,8-9,11-14,22,25,28H,6-7,10,15-17H2,1-3H3. The minimum absolute atomic E-state index is 0.340. The fourth-order valence-electron chi connectivity index (χ4n) is 4.14. The number of aromatic nitrogens is 2. The molecule has 2 aromatic carbocycles. The lowest BCUT2D eigenvalue weighted by Crippen LogP contribution is -2.19. The van der Waals surface area contributed by atoms with Crippen LogP contribution < -0.4 is 5.32 Å². The van der Waals surface area contributed by atoms with Gasteiger partial charge < -0.3 is 10.2 Å². The highest BCUT2D eigenvalue weighted by atomic mass is 35.5. The predicted octanol–water partition coefficient (Wildman–Crippen LogP) is 4.66. The molecule has 2 unspecified atom stereocenters. The second-order valence-electron chi connectivity index (χ2n) is 8.89. The molecule has 6 heteroatoms. The maximum absolute atomic E-state index is 6.01. The van der Waals surface area contributed by atoms with Crippen molar-refractivity contribution < 1.29 is 0 Å². The number of nitrogens with zero attached hydrogens (tertiary/aromatic N) is 4. The number of nitrogens with one attached hydrogen (secondary N) is 1. The highest BCUT2D eigenvalue weighted by molar-refractivity contribution is 6.30. The van der Waals surface area contributed by atoms with E-state index in [2.05, 4.69) is 72.7 Å². The molecular formula is C25H32ClN5. The quantitative estimate of drug-likeness (QED) is 0.369. The van der Waals surface area contributed by atoms with E-state index in [-0.39, 0.29) is 0 Å². The van der Waals surface area contributed by atoms with E-state index in [1.165, 1.54) is 30.2 Å². The van der Waals surface area contributed by atoms with E-state index in [1.807, 2.05) is 12.1 Å². The fourth-order valence-corrected chi connectivity index (χ4v) is 4.27. The van der Waals surface area contributed by atoms with Gasteiger partial charge in [-0.15, -0.1) is 0 Å². The minimum Gasteiger partial charge on any atom is -0.309 e. The van der Waals surface area contributed by atoms with Gasteiger partial charge >= 0.3 is 0 Å². The third-order valence-corrected chi connectivity index (χ3v) is 6.06. The zero-order chi connectivity index (χ0) is 21.8. The molecule has 5 nitrogen and oxygen atoms in total. The van der Waals surface area contributed by atoms with Crippen LogP contribution in [-0.4, -0.2) is 53.5 Å². The molecule has 2 heterocycles. The first-order valence-electron chi connectivity index (χ1n) is 11.1. The summed E-state index contributed by atoms with van der Waals surface area (Å²) in [4.78, 5) is 14.4. The number of unbranched alkanes of at least 4 members (excludes halogenated alkanes) is 1. The normalized spacial score (nSPS) is 18.3. The van der Waals surface area contributed by atoms with Gasteiger partial charge in [0.05, 0.1) is 23.8 Å². The summed E-state index contributed by atoms with van der Waals surface area (Å²) in [6, 6.07) is 17.3. The molecular weight excluding hydrogens is 406 g/mol. The van der Waals surface area contributed by atoms with Crippen LogP contribution >= 0.6 is 11.6 Å². The number of benzene rings is 2. The molecule has 3 aromatic rings. The third-order valence-electron chi connectivity index (χ3n) is 5.81. The molecule has 1 aromatic heterocycles. The smallest absolute Gasteiger partial charge is 0.143 e. The van der Waals surface area contributed by atoms with Crippen LogP contribution in [0, 0.1) is 0 Å². The Morgan fingerprint density at radius 1 is 0.935 bits per heavy atom. The Bertz CT molecular complexity index is 1000. The molecule has 31 heavy (non-hydrogen) atoms. The molecule has 1 saturated heterocycles. The Hall–Kier alpha value is -2.05. The van der Waals surface area contributed by atoms with Gasteiger partial charge in [-0.2, -0.15) is 0 Å². The van der Waals surface area contributed by atoms with Crippen LogP contribution in [0.15, 0.2) is 48.5 Å². The van der Waals surface area contributed by atoms with Gasteiger partial charge in [0, 0.05) is 23.0 Å². The SMILES string of the molecule is CN(C)CCCCC1NC1c1nc(CN(C)Cc2ccc(Cl)cc2)nc2ccccc12. The maximum atomic E-state index is 6.01.